The third-order valence-electron chi connectivity index (χ3n) is 4.30. The maximum Gasteiger partial charge on any atom is 0.186 e. The van der Waals surface area contributed by atoms with Crippen LogP contribution < -0.4 is 4.90 Å². The molecule has 0 radical (unpaired) electrons. The Morgan fingerprint density at radius 2 is 1.33 bits per heavy atom. The maximum absolute atomic E-state index is 14.7. The van der Waals surface area contributed by atoms with E-state index in [0.29, 0.717) is 11.1 Å². The van der Waals surface area contributed by atoms with Crippen LogP contribution in [0.1, 0.15) is 16.7 Å². The van der Waals surface area contributed by atoms with Crippen LogP contribution in [0.4, 0.5) is 39.0 Å². The summed E-state index contributed by atoms with van der Waals surface area (Å²) < 4.78 is 72.2. The average molecular weight is 377 g/mol. The summed E-state index contributed by atoms with van der Waals surface area (Å²) in [6, 6.07) is 8.63. The van der Waals surface area contributed by atoms with Gasteiger partial charge in [0.2, 0.25) is 0 Å². The molecule has 0 spiro atoms. The summed E-state index contributed by atoms with van der Waals surface area (Å²) in [7, 11) is 0. The van der Waals surface area contributed by atoms with Crippen LogP contribution in [0.25, 0.3) is 0 Å². The van der Waals surface area contributed by atoms with Crippen molar-refractivity contribution in [3.63, 3.8) is 0 Å². The van der Waals surface area contributed by atoms with Gasteiger partial charge in [-0.15, -0.1) is 0 Å². The molecule has 0 aliphatic heterocycles. The van der Waals surface area contributed by atoms with Crippen LogP contribution in [0.5, 0.6) is 0 Å². The SMILES string of the molecule is Cc1ccc(N(c2ccc(C)c(F)c2)c2c(F)cc(C)c(F)c2F)c(F)c1. The van der Waals surface area contributed by atoms with Crippen LogP contribution in [-0.2, 0) is 0 Å². The minimum atomic E-state index is -1.48. The summed E-state index contributed by atoms with van der Waals surface area (Å²) >= 11 is 0. The molecule has 0 saturated carbocycles. The Morgan fingerprint density at radius 3 is 1.96 bits per heavy atom. The van der Waals surface area contributed by atoms with Crippen LogP contribution in [0, 0.1) is 49.9 Å². The van der Waals surface area contributed by atoms with Gasteiger partial charge < -0.3 is 4.90 Å². The molecule has 3 aromatic carbocycles. The molecule has 0 fully saturated rings. The van der Waals surface area contributed by atoms with E-state index in [-0.39, 0.29) is 16.9 Å². The van der Waals surface area contributed by atoms with Crippen molar-refractivity contribution in [3.8, 4) is 0 Å². The molecule has 0 saturated heterocycles. The first-order valence-electron chi connectivity index (χ1n) is 8.17. The standard InChI is InChI=1S/C21H16F5N/c1-11-4-7-18(16(23)8-11)27(14-6-5-12(2)15(22)10-14)21-17(24)9-13(3)19(25)20(21)26/h4-10H,1-3H3. The van der Waals surface area contributed by atoms with Crippen molar-refractivity contribution in [2.75, 3.05) is 4.90 Å². The summed E-state index contributed by atoms with van der Waals surface area (Å²) in [5.41, 5.74) is -0.425. The van der Waals surface area contributed by atoms with E-state index in [0.717, 1.165) is 17.0 Å². The van der Waals surface area contributed by atoms with Gasteiger partial charge in [-0.05, 0) is 67.8 Å². The molecule has 0 bridgehead atoms. The van der Waals surface area contributed by atoms with Crippen molar-refractivity contribution < 1.29 is 22.0 Å². The zero-order valence-electron chi connectivity index (χ0n) is 14.9. The number of halogens is 5. The van der Waals surface area contributed by atoms with E-state index in [4.69, 9.17) is 0 Å². The van der Waals surface area contributed by atoms with Crippen molar-refractivity contribution in [2.24, 2.45) is 0 Å². The molecule has 0 N–H and O–H groups in total. The zero-order chi connectivity index (χ0) is 19.9. The molecule has 0 aliphatic rings. The van der Waals surface area contributed by atoms with Gasteiger partial charge in [0.15, 0.2) is 17.5 Å². The summed E-state index contributed by atoms with van der Waals surface area (Å²) in [6.07, 6.45) is 0. The topological polar surface area (TPSA) is 3.24 Å². The molecule has 140 valence electrons. The summed E-state index contributed by atoms with van der Waals surface area (Å²) in [5.74, 6) is -5.24. The van der Waals surface area contributed by atoms with Crippen molar-refractivity contribution in [1.29, 1.82) is 0 Å². The van der Waals surface area contributed by atoms with Gasteiger partial charge in [-0.2, -0.15) is 0 Å². The predicted molar refractivity (Wildman–Crippen MR) is 95.1 cm³/mol. The van der Waals surface area contributed by atoms with Gasteiger partial charge in [0.25, 0.3) is 0 Å². The van der Waals surface area contributed by atoms with Gasteiger partial charge in [0.05, 0.1) is 5.69 Å². The lowest BCUT2D eigenvalue weighted by atomic mass is 10.1. The second-order valence-electron chi connectivity index (χ2n) is 6.38. The third kappa shape index (κ3) is 3.39. The minimum Gasteiger partial charge on any atom is -0.302 e. The van der Waals surface area contributed by atoms with Crippen LogP contribution in [0.15, 0.2) is 42.5 Å². The predicted octanol–water partition coefficient (Wildman–Crippen LogP) is 6.78. The highest BCUT2D eigenvalue weighted by Gasteiger charge is 2.27. The van der Waals surface area contributed by atoms with Crippen molar-refractivity contribution in [1.82, 2.24) is 0 Å². The molecule has 0 amide bonds. The lowest BCUT2D eigenvalue weighted by Crippen LogP contribution is -2.17. The Kier molecular flexibility index (Phi) is 4.91. The molecule has 27 heavy (non-hydrogen) atoms. The Morgan fingerprint density at radius 1 is 0.630 bits per heavy atom. The molecule has 0 aromatic heterocycles. The monoisotopic (exact) mass is 377 g/mol. The van der Waals surface area contributed by atoms with Crippen molar-refractivity contribution in [3.05, 3.63) is 88.2 Å². The molecule has 3 aromatic rings. The van der Waals surface area contributed by atoms with Gasteiger partial charge in [0.1, 0.15) is 17.3 Å². The molecule has 0 aliphatic carbocycles. The Hall–Kier alpha value is -2.89. The van der Waals surface area contributed by atoms with Crippen molar-refractivity contribution in [2.45, 2.75) is 20.8 Å². The summed E-state index contributed by atoms with van der Waals surface area (Å²) in [4.78, 5) is 0.838. The van der Waals surface area contributed by atoms with E-state index in [2.05, 4.69) is 0 Å². The number of benzene rings is 3. The van der Waals surface area contributed by atoms with Gasteiger partial charge in [-0.1, -0.05) is 12.1 Å². The number of nitrogens with zero attached hydrogens (tertiary/aromatic N) is 1. The Bertz CT molecular complexity index is 1030. The fourth-order valence-electron chi connectivity index (χ4n) is 2.81. The van der Waals surface area contributed by atoms with Gasteiger partial charge >= 0.3 is 0 Å². The van der Waals surface area contributed by atoms with E-state index < -0.39 is 34.8 Å². The molecule has 0 atom stereocenters. The number of rotatable bonds is 3. The fourth-order valence-corrected chi connectivity index (χ4v) is 2.81. The van der Waals surface area contributed by atoms with Gasteiger partial charge in [-0.3, -0.25) is 0 Å². The van der Waals surface area contributed by atoms with E-state index in [1.807, 2.05) is 0 Å². The second-order valence-corrected chi connectivity index (χ2v) is 6.38. The molecule has 0 heterocycles. The highest BCUT2D eigenvalue weighted by molar-refractivity contribution is 5.78. The average Bonchev–Trinajstić information content (AvgIpc) is 2.60. The molecule has 1 nitrogen and oxygen atoms in total. The normalized spacial score (nSPS) is 11.0. The van der Waals surface area contributed by atoms with Crippen LogP contribution in [0.3, 0.4) is 0 Å². The van der Waals surface area contributed by atoms with E-state index in [1.165, 1.54) is 44.2 Å². The lowest BCUT2D eigenvalue weighted by Gasteiger charge is -2.27. The van der Waals surface area contributed by atoms with Crippen LogP contribution >= 0.6 is 0 Å². The number of hydrogen-bond acceptors (Lipinski definition) is 1. The van der Waals surface area contributed by atoms with Gasteiger partial charge in [-0.25, -0.2) is 22.0 Å². The second kappa shape index (κ2) is 7.02. The van der Waals surface area contributed by atoms with Crippen molar-refractivity contribution >= 4 is 17.1 Å². The number of aryl methyl sites for hydroxylation is 3. The zero-order valence-corrected chi connectivity index (χ0v) is 14.9. The molecular weight excluding hydrogens is 361 g/mol. The minimum absolute atomic E-state index is 0.0399. The maximum atomic E-state index is 14.7. The molecule has 0 unspecified atom stereocenters. The number of anilines is 3. The number of hydrogen-bond donors (Lipinski definition) is 0. The van der Waals surface area contributed by atoms with E-state index in [1.54, 1.807) is 6.92 Å². The quantitative estimate of drug-likeness (QED) is 0.359. The van der Waals surface area contributed by atoms with Crippen LogP contribution in [0.2, 0.25) is 0 Å². The summed E-state index contributed by atoms with van der Waals surface area (Å²) in [5, 5.41) is 0. The highest BCUT2D eigenvalue weighted by atomic mass is 19.2. The fraction of sp³-hybridized carbons (Fsp3) is 0.143. The lowest BCUT2D eigenvalue weighted by molar-refractivity contribution is 0.491. The van der Waals surface area contributed by atoms with E-state index >= 15 is 0 Å². The summed E-state index contributed by atoms with van der Waals surface area (Å²) in [6.45, 7) is 4.38. The highest BCUT2D eigenvalue weighted by Crippen LogP contribution is 2.40. The molecule has 3 rings (SSSR count). The first-order valence-corrected chi connectivity index (χ1v) is 8.17. The Balaban J connectivity index is 2.35. The van der Waals surface area contributed by atoms with E-state index in [9.17, 15) is 22.0 Å². The molecule has 6 heteroatoms. The van der Waals surface area contributed by atoms with Crippen LogP contribution in [-0.4, -0.2) is 0 Å². The first-order chi connectivity index (χ1) is 12.7. The Labute approximate surface area is 153 Å². The molecular formula is C21H16F5N. The largest absolute Gasteiger partial charge is 0.302 e. The first kappa shape index (κ1) is 18.9. The third-order valence-corrected chi connectivity index (χ3v) is 4.30. The smallest absolute Gasteiger partial charge is 0.186 e. The van der Waals surface area contributed by atoms with Gasteiger partial charge in [0, 0.05) is 5.69 Å².